The molecule has 1 aliphatic rings. The highest BCUT2D eigenvalue weighted by molar-refractivity contribution is 5.81. The van der Waals surface area contributed by atoms with Crippen molar-refractivity contribution in [2.45, 2.75) is 26.3 Å². The van der Waals surface area contributed by atoms with Gasteiger partial charge in [0, 0.05) is 19.5 Å². The second-order valence-electron chi connectivity index (χ2n) is 5.02. The van der Waals surface area contributed by atoms with Crippen LogP contribution in [0.1, 0.15) is 24.0 Å². The monoisotopic (exact) mass is 261 g/mol. The SMILES string of the molecule is COC(=O)C1CCC(=O)N(Cc2ccc(C)cc2)C1. The second-order valence-corrected chi connectivity index (χ2v) is 5.02. The molecule has 0 saturated carbocycles. The Bertz CT molecular complexity index is 467. The Balaban J connectivity index is 2.03. The van der Waals surface area contributed by atoms with E-state index in [4.69, 9.17) is 4.74 Å². The van der Waals surface area contributed by atoms with Crippen molar-refractivity contribution in [1.82, 2.24) is 4.90 Å². The summed E-state index contributed by atoms with van der Waals surface area (Å²) in [7, 11) is 1.39. The fraction of sp³-hybridized carbons (Fsp3) is 0.467. The molecule has 0 bridgehead atoms. The van der Waals surface area contributed by atoms with E-state index in [9.17, 15) is 9.59 Å². The number of esters is 1. The molecule has 0 aromatic heterocycles. The molecule has 1 aromatic rings. The van der Waals surface area contributed by atoms with E-state index in [0.29, 0.717) is 25.9 Å². The van der Waals surface area contributed by atoms with E-state index < -0.39 is 0 Å². The molecule has 0 N–H and O–H groups in total. The van der Waals surface area contributed by atoms with Gasteiger partial charge in [-0.25, -0.2) is 0 Å². The average Bonchev–Trinajstić information content (AvgIpc) is 2.43. The molecule has 1 aromatic carbocycles. The van der Waals surface area contributed by atoms with Gasteiger partial charge in [-0.2, -0.15) is 0 Å². The normalized spacial score (nSPS) is 19.4. The van der Waals surface area contributed by atoms with E-state index >= 15 is 0 Å². The lowest BCUT2D eigenvalue weighted by atomic mass is 9.97. The number of nitrogens with zero attached hydrogens (tertiary/aromatic N) is 1. The summed E-state index contributed by atoms with van der Waals surface area (Å²) in [4.78, 5) is 25.2. The maximum atomic E-state index is 11.9. The van der Waals surface area contributed by atoms with Gasteiger partial charge in [0.1, 0.15) is 0 Å². The number of carbonyl (C=O) groups is 2. The molecule has 0 radical (unpaired) electrons. The molecular weight excluding hydrogens is 242 g/mol. The van der Waals surface area contributed by atoms with Crippen molar-refractivity contribution >= 4 is 11.9 Å². The molecular formula is C15H19NO3. The van der Waals surface area contributed by atoms with Crippen LogP contribution in [-0.4, -0.2) is 30.4 Å². The van der Waals surface area contributed by atoms with Gasteiger partial charge in [-0.05, 0) is 18.9 Å². The third-order valence-corrected chi connectivity index (χ3v) is 3.53. The molecule has 1 amide bonds. The summed E-state index contributed by atoms with van der Waals surface area (Å²) >= 11 is 0. The molecule has 1 saturated heterocycles. The summed E-state index contributed by atoms with van der Waals surface area (Å²) in [5, 5.41) is 0. The lowest BCUT2D eigenvalue weighted by Gasteiger charge is -2.31. The van der Waals surface area contributed by atoms with Crippen LogP contribution in [0.15, 0.2) is 24.3 Å². The van der Waals surface area contributed by atoms with Crippen LogP contribution in [0, 0.1) is 12.8 Å². The Labute approximate surface area is 113 Å². The van der Waals surface area contributed by atoms with Gasteiger partial charge in [-0.15, -0.1) is 0 Å². The van der Waals surface area contributed by atoms with Gasteiger partial charge in [0.05, 0.1) is 13.0 Å². The lowest BCUT2D eigenvalue weighted by molar-refractivity contribution is -0.150. The van der Waals surface area contributed by atoms with Crippen molar-refractivity contribution in [3.05, 3.63) is 35.4 Å². The van der Waals surface area contributed by atoms with Crippen LogP contribution in [0.25, 0.3) is 0 Å². The van der Waals surface area contributed by atoms with E-state index in [1.807, 2.05) is 31.2 Å². The van der Waals surface area contributed by atoms with Gasteiger partial charge in [-0.1, -0.05) is 29.8 Å². The molecule has 4 heteroatoms. The molecule has 19 heavy (non-hydrogen) atoms. The molecule has 2 rings (SSSR count). The van der Waals surface area contributed by atoms with Crippen molar-refractivity contribution < 1.29 is 14.3 Å². The number of likely N-dealkylation sites (tertiary alicyclic amines) is 1. The highest BCUT2D eigenvalue weighted by Crippen LogP contribution is 2.20. The van der Waals surface area contributed by atoms with Crippen molar-refractivity contribution in [2.24, 2.45) is 5.92 Å². The summed E-state index contributed by atoms with van der Waals surface area (Å²) < 4.78 is 4.76. The van der Waals surface area contributed by atoms with Gasteiger partial charge in [-0.3, -0.25) is 9.59 Å². The summed E-state index contributed by atoms with van der Waals surface area (Å²) in [5.41, 5.74) is 2.28. The Morgan fingerprint density at radius 2 is 2.05 bits per heavy atom. The number of hydrogen-bond donors (Lipinski definition) is 0. The fourth-order valence-corrected chi connectivity index (χ4v) is 2.34. The molecule has 1 atom stereocenters. The minimum Gasteiger partial charge on any atom is -0.469 e. The molecule has 4 nitrogen and oxygen atoms in total. The zero-order valence-electron chi connectivity index (χ0n) is 11.4. The summed E-state index contributed by atoms with van der Waals surface area (Å²) in [5.74, 6) is -0.296. The lowest BCUT2D eigenvalue weighted by Crippen LogP contribution is -2.42. The Morgan fingerprint density at radius 3 is 2.68 bits per heavy atom. The first-order chi connectivity index (χ1) is 9.10. The van der Waals surface area contributed by atoms with E-state index in [-0.39, 0.29) is 17.8 Å². The van der Waals surface area contributed by atoms with Crippen molar-refractivity contribution in [1.29, 1.82) is 0 Å². The van der Waals surface area contributed by atoms with Crippen LogP contribution in [0.4, 0.5) is 0 Å². The minimum atomic E-state index is -0.221. The molecule has 1 heterocycles. The number of amides is 1. The van der Waals surface area contributed by atoms with Gasteiger partial charge in [0.25, 0.3) is 0 Å². The third kappa shape index (κ3) is 3.34. The fourth-order valence-electron chi connectivity index (χ4n) is 2.34. The number of hydrogen-bond acceptors (Lipinski definition) is 3. The number of ether oxygens (including phenoxy) is 1. The zero-order chi connectivity index (χ0) is 13.8. The van der Waals surface area contributed by atoms with Crippen molar-refractivity contribution in [2.75, 3.05) is 13.7 Å². The molecule has 1 unspecified atom stereocenters. The number of rotatable bonds is 3. The van der Waals surface area contributed by atoms with E-state index in [2.05, 4.69) is 0 Å². The number of methoxy groups -OCH3 is 1. The standard InChI is InChI=1S/C15H19NO3/c1-11-3-5-12(6-4-11)9-16-10-13(15(18)19-2)7-8-14(16)17/h3-6,13H,7-10H2,1-2H3. The summed E-state index contributed by atoms with van der Waals surface area (Å²) in [6.45, 7) is 3.05. The van der Waals surface area contributed by atoms with Crippen LogP contribution in [0.2, 0.25) is 0 Å². The Morgan fingerprint density at radius 1 is 1.37 bits per heavy atom. The highest BCUT2D eigenvalue weighted by atomic mass is 16.5. The maximum Gasteiger partial charge on any atom is 0.310 e. The predicted molar refractivity (Wildman–Crippen MR) is 71.3 cm³/mol. The Kier molecular flexibility index (Phi) is 4.20. The predicted octanol–water partition coefficient (Wildman–Crippen LogP) is 1.91. The number of carbonyl (C=O) groups excluding carboxylic acids is 2. The van der Waals surface area contributed by atoms with Gasteiger partial charge >= 0.3 is 5.97 Å². The van der Waals surface area contributed by atoms with Crippen LogP contribution < -0.4 is 0 Å². The van der Waals surface area contributed by atoms with E-state index in [0.717, 1.165) is 5.56 Å². The molecule has 1 aliphatic heterocycles. The number of piperidine rings is 1. The first-order valence-electron chi connectivity index (χ1n) is 6.51. The van der Waals surface area contributed by atoms with Crippen LogP contribution >= 0.6 is 0 Å². The number of aryl methyl sites for hydroxylation is 1. The van der Waals surface area contributed by atoms with Crippen LogP contribution in [0.5, 0.6) is 0 Å². The van der Waals surface area contributed by atoms with Crippen molar-refractivity contribution in [3.8, 4) is 0 Å². The highest BCUT2D eigenvalue weighted by Gasteiger charge is 2.30. The largest absolute Gasteiger partial charge is 0.469 e. The first kappa shape index (κ1) is 13.6. The molecule has 102 valence electrons. The van der Waals surface area contributed by atoms with Crippen LogP contribution in [0.3, 0.4) is 0 Å². The van der Waals surface area contributed by atoms with Gasteiger partial charge in [0.15, 0.2) is 0 Å². The van der Waals surface area contributed by atoms with Crippen LogP contribution in [-0.2, 0) is 20.9 Å². The van der Waals surface area contributed by atoms with Gasteiger partial charge in [0.2, 0.25) is 5.91 Å². The van der Waals surface area contributed by atoms with E-state index in [1.165, 1.54) is 12.7 Å². The molecule has 1 fully saturated rings. The number of benzene rings is 1. The van der Waals surface area contributed by atoms with E-state index in [1.54, 1.807) is 4.90 Å². The quantitative estimate of drug-likeness (QED) is 0.781. The van der Waals surface area contributed by atoms with Gasteiger partial charge < -0.3 is 9.64 Å². The third-order valence-electron chi connectivity index (χ3n) is 3.53. The summed E-state index contributed by atoms with van der Waals surface area (Å²) in [6.07, 6.45) is 1.02. The molecule has 0 spiro atoms. The Hall–Kier alpha value is -1.84. The minimum absolute atomic E-state index is 0.112. The average molecular weight is 261 g/mol. The molecule has 0 aliphatic carbocycles. The topological polar surface area (TPSA) is 46.6 Å². The van der Waals surface area contributed by atoms with Crippen molar-refractivity contribution in [3.63, 3.8) is 0 Å². The zero-order valence-corrected chi connectivity index (χ0v) is 11.4. The summed E-state index contributed by atoms with van der Waals surface area (Å²) in [6, 6.07) is 8.10. The first-order valence-corrected chi connectivity index (χ1v) is 6.51. The smallest absolute Gasteiger partial charge is 0.310 e. The maximum absolute atomic E-state index is 11.9. The second kappa shape index (κ2) is 5.87.